The number of benzene rings is 3. The number of fused-ring (bicyclic) bond motifs is 1. The van der Waals surface area contributed by atoms with Gasteiger partial charge in [0.25, 0.3) is 11.5 Å². The minimum absolute atomic E-state index is 0.0976. The maximum Gasteiger partial charge on any atom is 0.276 e. The van der Waals surface area contributed by atoms with E-state index in [9.17, 15) is 9.59 Å². The van der Waals surface area contributed by atoms with Crippen LogP contribution in [0.15, 0.2) is 77.6 Å². The fourth-order valence-electron chi connectivity index (χ4n) is 3.72. The fourth-order valence-corrected chi connectivity index (χ4v) is 3.72. The normalized spacial score (nSPS) is 11.4. The predicted molar refractivity (Wildman–Crippen MR) is 131 cm³/mol. The van der Waals surface area contributed by atoms with Gasteiger partial charge in [0.05, 0.1) is 24.7 Å². The molecular formula is C27H27N3O3. The van der Waals surface area contributed by atoms with Crippen molar-refractivity contribution in [2.75, 3.05) is 12.4 Å². The molecule has 1 amide bonds. The first-order valence-corrected chi connectivity index (χ1v) is 10.8. The first-order chi connectivity index (χ1) is 15.8. The van der Waals surface area contributed by atoms with Crippen LogP contribution in [0.2, 0.25) is 0 Å². The largest absolute Gasteiger partial charge is 0.495 e. The van der Waals surface area contributed by atoms with Gasteiger partial charge in [-0.1, -0.05) is 75.4 Å². The minimum atomic E-state index is -0.405. The first kappa shape index (κ1) is 22.3. The SMILES string of the molecule is COc1ccc(C(C)(C)C)cc1NC(=O)c1nn(Cc2ccccc2)c(=O)c2ccccc12. The number of aromatic nitrogens is 2. The summed E-state index contributed by atoms with van der Waals surface area (Å²) in [5.41, 5.74) is 2.39. The second-order valence-corrected chi connectivity index (χ2v) is 8.96. The van der Waals surface area contributed by atoms with Crippen molar-refractivity contribution in [1.29, 1.82) is 0 Å². The minimum Gasteiger partial charge on any atom is -0.495 e. The molecule has 6 heteroatoms. The molecule has 0 fully saturated rings. The Labute approximate surface area is 192 Å². The molecule has 0 saturated heterocycles. The van der Waals surface area contributed by atoms with Crippen LogP contribution in [0, 0.1) is 0 Å². The van der Waals surface area contributed by atoms with E-state index in [0.29, 0.717) is 22.2 Å². The highest BCUT2D eigenvalue weighted by molar-refractivity contribution is 6.11. The van der Waals surface area contributed by atoms with Crippen molar-refractivity contribution in [1.82, 2.24) is 9.78 Å². The molecule has 0 atom stereocenters. The summed E-state index contributed by atoms with van der Waals surface area (Å²) >= 11 is 0. The van der Waals surface area contributed by atoms with E-state index in [1.165, 1.54) is 4.68 Å². The highest BCUT2D eigenvalue weighted by Gasteiger charge is 2.20. The summed E-state index contributed by atoms with van der Waals surface area (Å²) in [6, 6.07) is 22.4. The second kappa shape index (κ2) is 8.90. The van der Waals surface area contributed by atoms with Crippen LogP contribution >= 0.6 is 0 Å². The molecule has 1 heterocycles. The van der Waals surface area contributed by atoms with E-state index in [0.717, 1.165) is 11.1 Å². The van der Waals surface area contributed by atoms with E-state index in [4.69, 9.17) is 4.74 Å². The number of carbonyl (C=O) groups is 1. The summed E-state index contributed by atoms with van der Waals surface area (Å²) in [6.07, 6.45) is 0. The van der Waals surface area contributed by atoms with Crippen molar-refractivity contribution in [3.8, 4) is 5.75 Å². The molecule has 3 aromatic carbocycles. The third kappa shape index (κ3) is 4.65. The second-order valence-electron chi connectivity index (χ2n) is 8.96. The van der Waals surface area contributed by atoms with Crippen LogP contribution in [0.5, 0.6) is 5.75 Å². The average molecular weight is 442 g/mol. The van der Waals surface area contributed by atoms with Gasteiger partial charge in [0.1, 0.15) is 5.75 Å². The zero-order valence-corrected chi connectivity index (χ0v) is 19.3. The van der Waals surface area contributed by atoms with Crippen molar-refractivity contribution in [3.05, 3.63) is 100.0 Å². The molecule has 0 aliphatic rings. The number of methoxy groups -OCH3 is 1. The lowest BCUT2D eigenvalue weighted by Crippen LogP contribution is -2.28. The van der Waals surface area contributed by atoms with Gasteiger partial charge >= 0.3 is 0 Å². The quantitative estimate of drug-likeness (QED) is 0.473. The summed E-state index contributed by atoms with van der Waals surface area (Å²) < 4.78 is 6.81. The summed E-state index contributed by atoms with van der Waals surface area (Å²) in [4.78, 5) is 26.5. The van der Waals surface area contributed by atoms with E-state index in [2.05, 4.69) is 31.2 Å². The van der Waals surface area contributed by atoms with Gasteiger partial charge in [0.15, 0.2) is 5.69 Å². The Morgan fingerprint density at radius 2 is 1.64 bits per heavy atom. The van der Waals surface area contributed by atoms with Crippen molar-refractivity contribution >= 4 is 22.4 Å². The van der Waals surface area contributed by atoms with E-state index in [1.807, 2.05) is 48.5 Å². The van der Waals surface area contributed by atoms with Gasteiger partial charge in [0, 0.05) is 5.39 Å². The van der Waals surface area contributed by atoms with Crippen LogP contribution < -0.4 is 15.6 Å². The predicted octanol–water partition coefficient (Wildman–Crippen LogP) is 5.00. The average Bonchev–Trinajstić information content (AvgIpc) is 2.81. The lowest BCUT2D eigenvalue weighted by Gasteiger charge is -2.21. The zero-order valence-electron chi connectivity index (χ0n) is 19.3. The molecular weight excluding hydrogens is 414 g/mol. The highest BCUT2D eigenvalue weighted by atomic mass is 16.5. The zero-order chi connectivity index (χ0) is 23.6. The first-order valence-electron chi connectivity index (χ1n) is 10.8. The van der Waals surface area contributed by atoms with Crippen molar-refractivity contribution in [3.63, 3.8) is 0 Å². The summed E-state index contributed by atoms with van der Waals surface area (Å²) in [6.45, 7) is 6.59. The monoisotopic (exact) mass is 441 g/mol. The molecule has 0 unspecified atom stereocenters. The summed E-state index contributed by atoms with van der Waals surface area (Å²) in [5.74, 6) is 0.149. The third-order valence-electron chi connectivity index (χ3n) is 5.57. The lowest BCUT2D eigenvalue weighted by atomic mass is 9.87. The Balaban J connectivity index is 1.79. The molecule has 1 N–H and O–H groups in total. The number of ether oxygens (including phenoxy) is 1. The molecule has 0 aliphatic heterocycles. The maximum atomic E-state index is 13.4. The number of carbonyl (C=O) groups excluding carboxylic acids is 1. The van der Waals surface area contributed by atoms with Crippen LogP contribution in [0.4, 0.5) is 5.69 Å². The van der Waals surface area contributed by atoms with Gasteiger partial charge in [-0.05, 0) is 34.7 Å². The summed E-state index contributed by atoms with van der Waals surface area (Å²) in [5, 5.41) is 8.38. The number of hydrogen-bond acceptors (Lipinski definition) is 4. The molecule has 0 radical (unpaired) electrons. The molecule has 0 bridgehead atoms. The van der Waals surface area contributed by atoms with E-state index >= 15 is 0 Å². The van der Waals surface area contributed by atoms with Gasteiger partial charge < -0.3 is 10.1 Å². The topological polar surface area (TPSA) is 73.2 Å². The molecule has 33 heavy (non-hydrogen) atoms. The highest BCUT2D eigenvalue weighted by Crippen LogP contribution is 2.32. The van der Waals surface area contributed by atoms with Crippen LogP contribution in [0.25, 0.3) is 10.8 Å². The smallest absolute Gasteiger partial charge is 0.276 e. The number of amides is 1. The molecule has 4 rings (SSSR count). The van der Waals surface area contributed by atoms with Crippen LogP contribution in [-0.4, -0.2) is 22.8 Å². The van der Waals surface area contributed by atoms with Crippen LogP contribution in [0.3, 0.4) is 0 Å². The van der Waals surface area contributed by atoms with Crippen LogP contribution in [0.1, 0.15) is 42.4 Å². The van der Waals surface area contributed by atoms with Crippen molar-refractivity contribution in [2.45, 2.75) is 32.7 Å². The van der Waals surface area contributed by atoms with Gasteiger partial charge in [-0.15, -0.1) is 0 Å². The van der Waals surface area contributed by atoms with Gasteiger partial charge in [-0.2, -0.15) is 5.10 Å². The molecule has 4 aromatic rings. The Morgan fingerprint density at radius 1 is 0.970 bits per heavy atom. The van der Waals surface area contributed by atoms with Gasteiger partial charge in [-0.3, -0.25) is 9.59 Å². The number of rotatable bonds is 5. The fraction of sp³-hybridized carbons (Fsp3) is 0.222. The standard InChI is InChI=1S/C27H27N3O3/c1-27(2,3)19-14-15-23(33-4)22(16-19)28-25(31)24-20-12-8-9-13-21(20)26(32)30(29-24)17-18-10-6-5-7-11-18/h5-16H,17H2,1-4H3,(H,28,31). The Kier molecular flexibility index (Phi) is 6.01. The molecule has 0 spiro atoms. The number of nitrogens with zero attached hydrogens (tertiary/aromatic N) is 2. The Hall–Kier alpha value is -3.93. The van der Waals surface area contributed by atoms with Gasteiger partial charge in [0.2, 0.25) is 0 Å². The maximum absolute atomic E-state index is 13.4. The molecule has 168 valence electrons. The third-order valence-corrected chi connectivity index (χ3v) is 5.57. The molecule has 1 aromatic heterocycles. The van der Waals surface area contributed by atoms with Gasteiger partial charge in [-0.25, -0.2) is 4.68 Å². The lowest BCUT2D eigenvalue weighted by molar-refractivity contribution is 0.102. The van der Waals surface area contributed by atoms with E-state index in [-0.39, 0.29) is 23.2 Å². The molecule has 6 nitrogen and oxygen atoms in total. The van der Waals surface area contributed by atoms with E-state index < -0.39 is 5.91 Å². The number of hydrogen-bond donors (Lipinski definition) is 1. The van der Waals surface area contributed by atoms with Crippen molar-refractivity contribution < 1.29 is 9.53 Å². The number of nitrogens with one attached hydrogen (secondary N) is 1. The Bertz CT molecular complexity index is 1370. The molecule has 0 saturated carbocycles. The Morgan fingerprint density at radius 3 is 2.30 bits per heavy atom. The van der Waals surface area contributed by atoms with E-state index in [1.54, 1.807) is 31.4 Å². The van der Waals surface area contributed by atoms with Crippen LogP contribution in [-0.2, 0) is 12.0 Å². The van der Waals surface area contributed by atoms with Crippen molar-refractivity contribution in [2.24, 2.45) is 0 Å². The number of anilines is 1. The molecule has 0 aliphatic carbocycles. The summed E-state index contributed by atoms with van der Waals surface area (Å²) in [7, 11) is 1.56.